The van der Waals surface area contributed by atoms with Crippen molar-refractivity contribution >= 4 is 0 Å². The zero-order chi connectivity index (χ0) is 7.14. The Morgan fingerprint density at radius 3 is 2.30 bits per heavy atom. The first-order valence-corrected chi connectivity index (χ1v) is 3.81. The SMILES string of the molecule is C=C(C)N1CC2CC(C1)O2. The van der Waals surface area contributed by atoms with Crippen molar-refractivity contribution in [2.75, 3.05) is 13.1 Å². The average Bonchev–Trinajstić information content (AvgIpc) is 1.86. The third-order valence-electron chi connectivity index (χ3n) is 2.30. The second-order valence-electron chi connectivity index (χ2n) is 3.26. The Morgan fingerprint density at radius 1 is 1.50 bits per heavy atom. The predicted octanol–water partition coefficient (Wildman–Crippen LogP) is 0.993. The Labute approximate surface area is 61.5 Å². The van der Waals surface area contributed by atoms with E-state index in [1.165, 1.54) is 12.1 Å². The highest BCUT2D eigenvalue weighted by Gasteiger charge is 2.37. The lowest BCUT2D eigenvalue weighted by Crippen LogP contribution is -2.56. The van der Waals surface area contributed by atoms with Crippen molar-refractivity contribution in [3.63, 3.8) is 0 Å². The van der Waals surface area contributed by atoms with E-state index in [0.29, 0.717) is 12.2 Å². The van der Waals surface area contributed by atoms with Crippen LogP contribution >= 0.6 is 0 Å². The summed E-state index contributed by atoms with van der Waals surface area (Å²) in [6, 6.07) is 0. The first-order valence-electron chi connectivity index (χ1n) is 3.81. The standard InChI is InChI=1S/C8H13NO/c1-6(2)9-4-7-3-8(5-9)10-7/h7-8H,1,3-5H2,2H3. The van der Waals surface area contributed by atoms with Gasteiger partial charge < -0.3 is 9.64 Å². The van der Waals surface area contributed by atoms with E-state index in [9.17, 15) is 0 Å². The predicted molar refractivity (Wildman–Crippen MR) is 39.7 cm³/mol. The molecule has 0 spiro atoms. The Kier molecular flexibility index (Phi) is 1.24. The smallest absolute Gasteiger partial charge is 0.0779 e. The molecule has 56 valence electrons. The fraction of sp³-hybridized carbons (Fsp3) is 0.750. The van der Waals surface area contributed by atoms with E-state index in [2.05, 4.69) is 18.4 Å². The molecule has 3 heterocycles. The Hall–Kier alpha value is -0.500. The largest absolute Gasteiger partial charge is 0.371 e. The maximum Gasteiger partial charge on any atom is 0.0779 e. The van der Waals surface area contributed by atoms with Crippen LogP contribution in [0.3, 0.4) is 0 Å². The molecule has 3 aliphatic heterocycles. The van der Waals surface area contributed by atoms with E-state index >= 15 is 0 Å². The summed E-state index contributed by atoms with van der Waals surface area (Å²) in [4.78, 5) is 2.31. The molecule has 0 N–H and O–H groups in total. The summed E-state index contributed by atoms with van der Waals surface area (Å²) in [5.74, 6) is 0. The number of hydrogen-bond donors (Lipinski definition) is 0. The van der Waals surface area contributed by atoms with Crippen LogP contribution in [0.25, 0.3) is 0 Å². The highest BCUT2D eigenvalue weighted by Crippen LogP contribution is 2.29. The van der Waals surface area contributed by atoms with E-state index in [0.717, 1.165) is 13.1 Å². The molecule has 0 aromatic rings. The van der Waals surface area contributed by atoms with Crippen molar-refractivity contribution in [3.05, 3.63) is 12.3 Å². The van der Waals surface area contributed by atoms with Gasteiger partial charge in [0.2, 0.25) is 0 Å². The van der Waals surface area contributed by atoms with Crippen molar-refractivity contribution in [3.8, 4) is 0 Å². The van der Waals surface area contributed by atoms with Crippen LogP contribution in [0.1, 0.15) is 13.3 Å². The van der Waals surface area contributed by atoms with Crippen molar-refractivity contribution in [1.29, 1.82) is 0 Å². The number of nitrogens with zero attached hydrogens (tertiary/aromatic N) is 1. The summed E-state index contributed by atoms with van der Waals surface area (Å²) >= 11 is 0. The molecule has 0 aromatic heterocycles. The second-order valence-corrected chi connectivity index (χ2v) is 3.26. The van der Waals surface area contributed by atoms with Crippen LogP contribution < -0.4 is 0 Å². The number of rotatable bonds is 1. The Bertz CT molecular complexity index is 151. The quantitative estimate of drug-likeness (QED) is 0.537. The van der Waals surface area contributed by atoms with Gasteiger partial charge >= 0.3 is 0 Å². The highest BCUT2D eigenvalue weighted by molar-refractivity contribution is 4.98. The lowest BCUT2D eigenvalue weighted by Gasteiger charge is -2.48. The van der Waals surface area contributed by atoms with E-state index < -0.39 is 0 Å². The van der Waals surface area contributed by atoms with Crippen LogP contribution in [-0.2, 0) is 4.74 Å². The summed E-state index contributed by atoms with van der Waals surface area (Å²) in [5, 5.41) is 0. The number of ether oxygens (including phenoxy) is 1. The summed E-state index contributed by atoms with van der Waals surface area (Å²) in [6.07, 6.45) is 2.29. The van der Waals surface area contributed by atoms with Gasteiger partial charge in [-0.3, -0.25) is 0 Å². The molecule has 3 fully saturated rings. The highest BCUT2D eigenvalue weighted by atomic mass is 16.5. The maximum absolute atomic E-state index is 5.47. The van der Waals surface area contributed by atoms with Gasteiger partial charge in [0.05, 0.1) is 12.2 Å². The molecular weight excluding hydrogens is 126 g/mol. The van der Waals surface area contributed by atoms with Gasteiger partial charge in [-0.1, -0.05) is 6.58 Å². The molecule has 2 bridgehead atoms. The van der Waals surface area contributed by atoms with Gasteiger partial charge in [0.1, 0.15) is 0 Å². The Morgan fingerprint density at radius 2 is 2.00 bits per heavy atom. The molecule has 2 unspecified atom stereocenters. The summed E-state index contributed by atoms with van der Waals surface area (Å²) in [7, 11) is 0. The molecule has 3 aliphatic rings. The lowest BCUT2D eigenvalue weighted by atomic mass is 9.98. The van der Waals surface area contributed by atoms with Gasteiger partial charge in [0.25, 0.3) is 0 Å². The molecule has 2 heteroatoms. The second kappa shape index (κ2) is 1.99. The molecule has 10 heavy (non-hydrogen) atoms. The molecule has 3 rings (SSSR count). The van der Waals surface area contributed by atoms with E-state index in [1.54, 1.807) is 0 Å². The van der Waals surface area contributed by atoms with E-state index in [4.69, 9.17) is 4.74 Å². The van der Waals surface area contributed by atoms with Gasteiger partial charge in [0, 0.05) is 25.2 Å². The maximum atomic E-state index is 5.47. The number of allylic oxidation sites excluding steroid dienone is 1. The monoisotopic (exact) mass is 139 g/mol. The van der Waals surface area contributed by atoms with Gasteiger partial charge in [0.15, 0.2) is 0 Å². The zero-order valence-corrected chi connectivity index (χ0v) is 6.34. The minimum absolute atomic E-state index is 0.510. The molecule has 0 amide bonds. The molecule has 0 saturated carbocycles. The number of hydrogen-bond acceptors (Lipinski definition) is 2. The summed E-state index contributed by atoms with van der Waals surface area (Å²) in [5.41, 5.74) is 1.18. The van der Waals surface area contributed by atoms with Crippen LogP contribution in [-0.4, -0.2) is 30.2 Å². The number of fused-ring (bicyclic) bond motifs is 2. The molecular formula is C8H13NO. The molecule has 0 aliphatic carbocycles. The topological polar surface area (TPSA) is 12.5 Å². The normalized spacial score (nSPS) is 37.1. The van der Waals surface area contributed by atoms with E-state index in [1.807, 2.05) is 0 Å². The molecule has 0 radical (unpaired) electrons. The molecule has 2 atom stereocenters. The minimum atomic E-state index is 0.510. The third-order valence-corrected chi connectivity index (χ3v) is 2.30. The van der Waals surface area contributed by atoms with Crippen molar-refractivity contribution in [1.82, 2.24) is 4.90 Å². The zero-order valence-electron chi connectivity index (χ0n) is 6.34. The fourth-order valence-electron chi connectivity index (χ4n) is 1.67. The first kappa shape index (κ1) is 6.23. The van der Waals surface area contributed by atoms with E-state index in [-0.39, 0.29) is 0 Å². The third kappa shape index (κ3) is 0.833. The van der Waals surface area contributed by atoms with Gasteiger partial charge in [-0.2, -0.15) is 0 Å². The van der Waals surface area contributed by atoms with Crippen molar-refractivity contribution < 1.29 is 4.74 Å². The van der Waals surface area contributed by atoms with Crippen LogP contribution in [0.4, 0.5) is 0 Å². The van der Waals surface area contributed by atoms with Gasteiger partial charge in [-0.25, -0.2) is 0 Å². The van der Waals surface area contributed by atoms with Gasteiger partial charge in [-0.05, 0) is 6.92 Å². The van der Waals surface area contributed by atoms with Crippen LogP contribution in [0, 0.1) is 0 Å². The average molecular weight is 139 g/mol. The lowest BCUT2D eigenvalue weighted by molar-refractivity contribution is -0.173. The first-order chi connectivity index (χ1) is 4.75. The molecule has 2 nitrogen and oxygen atoms in total. The minimum Gasteiger partial charge on any atom is -0.371 e. The fourth-order valence-corrected chi connectivity index (χ4v) is 1.67. The number of morpholine rings is 1. The molecule has 3 saturated heterocycles. The van der Waals surface area contributed by atoms with Crippen molar-refractivity contribution in [2.45, 2.75) is 25.6 Å². The van der Waals surface area contributed by atoms with Crippen molar-refractivity contribution in [2.24, 2.45) is 0 Å². The molecule has 0 aromatic carbocycles. The van der Waals surface area contributed by atoms with Crippen LogP contribution in [0.15, 0.2) is 12.3 Å². The summed E-state index contributed by atoms with van der Waals surface area (Å²) in [6.45, 7) is 8.09. The number of piperidine rings is 1. The van der Waals surface area contributed by atoms with Crippen LogP contribution in [0.2, 0.25) is 0 Å². The van der Waals surface area contributed by atoms with Crippen LogP contribution in [0.5, 0.6) is 0 Å². The van der Waals surface area contributed by atoms with Gasteiger partial charge in [-0.15, -0.1) is 0 Å². The Balaban J connectivity index is 1.97. The summed E-state index contributed by atoms with van der Waals surface area (Å²) < 4.78 is 5.47.